The maximum atomic E-state index is 14.5. The number of amides is 4. The average Bonchev–Trinajstić information content (AvgIpc) is 3.49. The maximum absolute atomic E-state index is 14.5. The molecule has 8 heteroatoms. The quantitative estimate of drug-likeness (QED) is 0.464. The highest BCUT2D eigenvalue weighted by Gasteiger charge is 2.71. The van der Waals surface area contributed by atoms with Crippen LogP contribution in [-0.4, -0.2) is 36.2 Å². The lowest BCUT2D eigenvalue weighted by Crippen LogP contribution is -2.56. The molecule has 1 spiro atoms. The molecule has 4 atom stereocenters. The molecule has 0 radical (unpaired) electrons. The number of aryl methyl sites for hydroxylation is 1. The van der Waals surface area contributed by atoms with E-state index in [-0.39, 0.29) is 36.2 Å². The molecule has 3 aromatic carbocycles. The Bertz CT molecular complexity index is 1500. The number of hydrogen-bond acceptors (Lipinski definition) is 5. The SMILES string of the molecule is Cc1ccc(NC(=O)CN2C(=O)[C@]3(N[C@@H](CC(C)C)[C@H]4C(=O)N(c5ccccc5)C(=O)[C@@H]43)c3ccccc32)cc1. The van der Waals surface area contributed by atoms with Crippen molar-refractivity contribution < 1.29 is 19.2 Å². The van der Waals surface area contributed by atoms with Crippen LogP contribution in [-0.2, 0) is 24.7 Å². The molecule has 0 unspecified atom stereocenters. The van der Waals surface area contributed by atoms with Crippen LogP contribution in [0.15, 0.2) is 78.9 Å². The monoisotopic (exact) mass is 536 g/mol. The molecular weight excluding hydrogens is 504 g/mol. The summed E-state index contributed by atoms with van der Waals surface area (Å²) in [6.07, 6.45) is 0.619. The zero-order valence-corrected chi connectivity index (χ0v) is 22.8. The van der Waals surface area contributed by atoms with Crippen molar-refractivity contribution >= 4 is 40.7 Å². The smallest absolute Gasteiger partial charge is 0.253 e. The first-order valence-electron chi connectivity index (χ1n) is 13.7. The predicted molar refractivity (Wildman–Crippen MR) is 153 cm³/mol. The summed E-state index contributed by atoms with van der Waals surface area (Å²) >= 11 is 0. The van der Waals surface area contributed by atoms with Crippen LogP contribution in [0.25, 0.3) is 0 Å². The van der Waals surface area contributed by atoms with Crippen molar-refractivity contribution in [2.24, 2.45) is 17.8 Å². The average molecular weight is 537 g/mol. The fourth-order valence-electron chi connectivity index (χ4n) is 6.63. The van der Waals surface area contributed by atoms with E-state index in [1.54, 1.807) is 30.3 Å². The van der Waals surface area contributed by atoms with Gasteiger partial charge in [-0.15, -0.1) is 0 Å². The molecule has 8 nitrogen and oxygen atoms in total. The molecule has 2 fully saturated rings. The van der Waals surface area contributed by atoms with E-state index in [4.69, 9.17) is 0 Å². The second-order valence-electron chi connectivity index (χ2n) is 11.4. The second kappa shape index (κ2) is 9.71. The first kappa shape index (κ1) is 26.0. The molecule has 3 heterocycles. The third-order valence-corrected chi connectivity index (χ3v) is 8.24. The molecule has 3 aliphatic heterocycles. The largest absolute Gasteiger partial charge is 0.325 e. The van der Waals surface area contributed by atoms with Crippen LogP contribution in [0, 0.1) is 24.7 Å². The number of nitrogens with one attached hydrogen (secondary N) is 2. The van der Waals surface area contributed by atoms with Crippen LogP contribution in [0.2, 0.25) is 0 Å². The number of hydrogen-bond donors (Lipinski definition) is 2. The normalized spacial score (nSPS) is 25.2. The summed E-state index contributed by atoms with van der Waals surface area (Å²) in [5.74, 6) is -2.82. The fourth-order valence-corrected chi connectivity index (χ4v) is 6.63. The van der Waals surface area contributed by atoms with Crippen molar-refractivity contribution in [2.45, 2.75) is 38.8 Å². The van der Waals surface area contributed by atoms with E-state index >= 15 is 0 Å². The summed E-state index contributed by atoms with van der Waals surface area (Å²) in [6, 6.07) is 23.2. The van der Waals surface area contributed by atoms with E-state index in [0.29, 0.717) is 29.0 Å². The van der Waals surface area contributed by atoms with Crippen LogP contribution < -0.4 is 20.4 Å². The van der Waals surface area contributed by atoms with E-state index in [1.807, 2.05) is 55.5 Å². The Hall–Kier alpha value is -4.30. The maximum Gasteiger partial charge on any atom is 0.253 e. The minimum absolute atomic E-state index is 0.218. The first-order chi connectivity index (χ1) is 19.2. The molecule has 2 saturated heterocycles. The lowest BCUT2D eigenvalue weighted by molar-refractivity contribution is -0.132. The number of para-hydroxylation sites is 2. The minimum atomic E-state index is -1.44. The van der Waals surface area contributed by atoms with E-state index in [2.05, 4.69) is 24.5 Å². The van der Waals surface area contributed by atoms with E-state index < -0.39 is 23.3 Å². The molecule has 0 aromatic heterocycles. The Kier molecular flexibility index (Phi) is 6.30. The summed E-state index contributed by atoms with van der Waals surface area (Å²) in [4.78, 5) is 58.4. The summed E-state index contributed by atoms with van der Waals surface area (Å²) < 4.78 is 0. The van der Waals surface area contributed by atoms with Gasteiger partial charge in [-0.2, -0.15) is 0 Å². The number of fused-ring (bicyclic) bond motifs is 4. The van der Waals surface area contributed by atoms with Gasteiger partial charge < -0.3 is 10.2 Å². The highest BCUT2D eigenvalue weighted by Crippen LogP contribution is 2.55. The topological polar surface area (TPSA) is 98.8 Å². The van der Waals surface area contributed by atoms with Gasteiger partial charge in [0.2, 0.25) is 17.7 Å². The highest BCUT2D eigenvalue weighted by molar-refractivity contribution is 6.26. The number of nitrogens with zero attached hydrogens (tertiary/aromatic N) is 2. The lowest BCUT2D eigenvalue weighted by atomic mass is 9.76. The van der Waals surface area contributed by atoms with Crippen LogP contribution in [0.1, 0.15) is 31.4 Å². The van der Waals surface area contributed by atoms with Crippen LogP contribution in [0.3, 0.4) is 0 Å². The molecule has 3 aromatic rings. The van der Waals surface area contributed by atoms with Gasteiger partial charge in [0.05, 0.1) is 17.5 Å². The third-order valence-electron chi connectivity index (χ3n) is 8.24. The van der Waals surface area contributed by atoms with Gasteiger partial charge in [-0.1, -0.05) is 67.9 Å². The van der Waals surface area contributed by atoms with Gasteiger partial charge in [-0.25, -0.2) is 4.90 Å². The fraction of sp³-hybridized carbons (Fsp3) is 0.312. The molecule has 4 amide bonds. The van der Waals surface area contributed by atoms with E-state index in [9.17, 15) is 19.2 Å². The number of benzene rings is 3. The molecule has 3 aliphatic rings. The van der Waals surface area contributed by atoms with Crippen LogP contribution in [0.5, 0.6) is 0 Å². The number of anilines is 3. The molecular formula is C32H32N4O4. The van der Waals surface area contributed by atoms with Crippen molar-refractivity contribution in [2.75, 3.05) is 21.7 Å². The van der Waals surface area contributed by atoms with Gasteiger partial charge >= 0.3 is 0 Å². The highest BCUT2D eigenvalue weighted by atomic mass is 16.2. The van der Waals surface area contributed by atoms with Gasteiger partial charge in [0.25, 0.3) is 5.91 Å². The van der Waals surface area contributed by atoms with E-state index in [0.717, 1.165) is 5.56 Å². The predicted octanol–water partition coefficient (Wildman–Crippen LogP) is 4.00. The van der Waals surface area contributed by atoms with Gasteiger partial charge in [-0.3, -0.25) is 24.5 Å². The third kappa shape index (κ3) is 3.93. The summed E-state index contributed by atoms with van der Waals surface area (Å²) in [7, 11) is 0. The van der Waals surface area contributed by atoms with E-state index in [1.165, 1.54) is 9.80 Å². The van der Waals surface area contributed by atoms with Crippen molar-refractivity contribution in [1.29, 1.82) is 0 Å². The molecule has 0 saturated carbocycles. The Morgan fingerprint density at radius 1 is 0.925 bits per heavy atom. The summed E-state index contributed by atoms with van der Waals surface area (Å²) in [5.41, 5.74) is 1.96. The number of rotatable bonds is 6. The first-order valence-corrected chi connectivity index (χ1v) is 13.7. The Morgan fingerprint density at radius 2 is 1.60 bits per heavy atom. The number of imide groups is 1. The van der Waals surface area contributed by atoms with Crippen LogP contribution in [0.4, 0.5) is 17.1 Å². The van der Waals surface area contributed by atoms with Crippen molar-refractivity contribution in [1.82, 2.24) is 5.32 Å². The summed E-state index contributed by atoms with van der Waals surface area (Å²) in [5, 5.41) is 6.38. The van der Waals surface area contributed by atoms with Crippen molar-refractivity contribution in [3.63, 3.8) is 0 Å². The minimum Gasteiger partial charge on any atom is -0.325 e. The van der Waals surface area contributed by atoms with Gasteiger partial charge in [-0.05, 0) is 49.6 Å². The zero-order chi connectivity index (χ0) is 28.2. The number of carbonyl (C=O) groups is 4. The molecule has 2 N–H and O–H groups in total. The standard InChI is InChI=1S/C32H32N4O4/c1-19(2)17-24-27-28(30(39)36(29(27)38)22-9-5-4-6-10-22)32(34-24)23-11-7-8-12-25(23)35(31(32)40)18-26(37)33-21-15-13-20(3)14-16-21/h4-16,19,24,27-28,34H,17-18H2,1-3H3,(H,33,37)/t24-,27+,28+,32-/m0/s1. The second-order valence-corrected chi connectivity index (χ2v) is 11.4. The molecule has 204 valence electrons. The number of carbonyl (C=O) groups excluding carboxylic acids is 4. The Morgan fingerprint density at radius 3 is 2.30 bits per heavy atom. The lowest BCUT2D eigenvalue weighted by Gasteiger charge is -2.31. The van der Waals surface area contributed by atoms with Gasteiger partial charge in [0.15, 0.2) is 0 Å². The Labute approximate surface area is 233 Å². The van der Waals surface area contributed by atoms with Crippen molar-refractivity contribution in [3.8, 4) is 0 Å². The molecule has 6 rings (SSSR count). The van der Waals surface area contributed by atoms with Gasteiger partial charge in [0, 0.05) is 23.0 Å². The van der Waals surface area contributed by atoms with Crippen molar-refractivity contribution in [3.05, 3.63) is 90.0 Å². The molecule has 0 bridgehead atoms. The molecule has 0 aliphatic carbocycles. The van der Waals surface area contributed by atoms with Crippen LogP contribution >= 0.6 is 0 Å². The zero-order valence-electron chi connectivity index (χ0n) is 22.8. The summed E-state index contributed by atoms with van der Waals surface area (Å²) in [6.45, 7) is 5.87. The van der Waals surface area contributed by atoms with Gasteiger partial charge in [0.1, 0.15) is 12.1 Å². The molecule has 40 heavy (non-hydrogen) atoms. The Balaban J connectivity index is 1.40.